The van der Waals surface area contributed by atoms with Gasteiger partial charge in [0.2, 0.25) is 11.8 Å². The summed E-state index contributed by atoms with van der Waals surface area (Å²) in [6.07, 6.45) is 0. The molecule has 0 aromatic heterocycles. The number of benzene rings is 1. The number of aryl methyl sites for hydroxylation is 1. The molecule has 1 rings (SSSR count). The summed E-state index contributed by atoms with van der Waals surface area (Å²) >= 11 is 0. The molecule has 0 saturated heterocycles. The maximum Gasteiger partial charge on any atom is 0.240 e. The molecule has 0 heterocycles. The Morgan fingerprint density at radius 1 is 1.20 bits per heavy atom. The van der Waals surface area contributed by atoms with Gasteiger partial charge >= 0.3 is 0 Å². The summed E-state index contributed by atoms with van der Waals surface area (Å²) in [5.74, 6) is -0.237. The summed E-state index contributed by atoms with van der Waals surface area (Å²) in [7, 11) is 0. The second-order valence-corrected chi connectivity index (χ2v) is 6.10. The van der Waals surface area contributed by atoms with Crippen LogP contribution in [0.25, 0.3) is 0 Å². The average molecular weight is 276 g/mol. The quantitative estimate of drug-likeness (QED) is 0.917. The average Bonchev–Trinajstić information content (AvgIpc) is 2.28. The third-order valence-electron chi connectivity index (χ3n) is 2.92. The number of carbonyl (C=O) groups is 2. The van der Waals surface area contributed by atoms with Crippen molar-refractivity contribution in [3.05, 3.63) is 35.4 Å². The molecule has 1 aromatic rings. The van der Waals surface area contributed by atoms with E-state index in [2.05, 4.69) is 5.32 Å². The normalized spacial score (nSPS) is 11.1. The van der Waals surface area contributed by atoms with Gasteiger partial charge in [-0.25, -0.2) is 0 Å². The Morgan fingerprint density at radius 2 is 1.80 bits per heavy atom. The van der Waals surface area contributed by atoms with Crippen LogP contribution < -0.4 is 5.32 Å². The maximum atomic E-state index is 11.9. The van der Waals surface area contributed by atoms with Gasteiger partial charge in [-0.05, 0) is 38.8 Å². The van der Waals surface area contributed by atoms with E-state index < -0.39 is 0 Å². The Bertz CT molecular complexity index is 489. The van der Waals surface area contributed by atoms with Crippen molar-refractivity contribution in [3.8, 4) is 0 Å². The smallest absolute Gasteiger partial charge is 0.240 e. The zero-order valence-corrected chi connectivity index (χ0v) is 13.0. The number of nitrogens with zero attached hydrogens (tertiary/aromatic N) is 1. The molecule has 0 spiro atoms. The van der Waals surface area contributed by atoms with Gasteiger partial charge < -0.3 is 10.2 Å². The lowest BCUT2D eigenvalue weighted by atomic mass is 10.1. The lowest BCUT2D eigenvalue weighted by molar-refractivity contribution is -0.135. The number of hydrogen-bond acceptors (Lipinski definition) is 2. The molecule has 4 heteroatoms. The van der Waals surface area contributed by atoms with E-state index in [-0.39, 0.29) is 23.9 Å². The Labute approximate surface area is 121 Å². The topological polar surface area (TPSA) is 49.4 Å². The summed E-state index contributed by atoms with van der Waals surface area (Å²) in [6.45, 7) is 9.80. The van der Waals surface area contributed by atoms with Crippen molar-refractivity contribution >= 4 is 11.8 Å². The second kappa shape index (κ2) is 6.55. The van der Waals surface area contributed by atoms with Gasteiger partial charge in [0.25, 0.3) is 0 Å². The largest absolute Gasteiger partial charge is 0.350 e. The first-order valence-corrected chi connectivity index (χ1v) is 6.80. The zero-order valence-electron chi connectivity index (χ0n) is 13.0. The van der Waals surface area contributed by atoms with Crippen molar-refractivity contribution in [1.82, 2.24) is 10.2 Å². The second-order valence-electron chi connectivity index (χ2n) is 6.10. The van der Waals surface area contributed by atoms with Gasteiger partial charge in [-0.15, -0.1) is 0 Å². The number of hydrogen-bond donors (Lipinski definition) is 1. The van der Waals surface area contributed by atoms with Gasteiger partial charge in [-0.3, -0.25) is 9.59 Å². The van der Waals surface area contributed by atoms with Gasteiger partial charge in [-0.1, -0.05) is 24.3 Å². The van der Waals surface area contributed by atoms with E-state index in [0.717, 1.165) is 11.1 Å². The minimum Gasteiger partial charge on any atom is -0.350 e. The van der Waals surface area contributed by atoms with Crippen LogP contribution in [0.1, 0.15) is 38.8 Å². The van der Waals surface area contributed by atoms with E-state index in [0.29, 0.717) is 6.54 Å². The minimum atomic E-state index is -0.289. The third-order valence-corrected chi connectivity index (χ3v) is 2.92. The van der Waals surface area contributed by atoms with Crippen LogP contribution >= 0.6 is 0 Å². The highest BCUT2D eigenvalue weighted by Crippen LogP contribution is 2.10. The van der Waals surface area contributed by atoms with Crippen LogP contribution in [0.2, 0.25) is 0 Å². The van der Waals surface area contributed by atoms with Gasteiger partial charge in [0.1, 0.15) is 0 Å². The fourth-order valence-corrected chi connectivity index (χ4v) is 1.90. The van der Waals surface area contributed by atoms with Crippen LogP contribution in [0.15, 0.2) is 24.3 Å². The van der Waals surface area contributed by atoms with E-state index in [1.54, 1.807) is 4.90 Å². The van der Waals surface area contributed by atoms with E-state index >= 15 is 0 Å². The van der Waals surface area contributed by atoms with Crippen LogP contribution in [0.4, 0.5) is 0 Å². The highest BCUT2D eigenvalue weighted by Gasteiger charge is 2.18. The summed E-state index contributed by atoms with van der Waals surface area (Å²) in [5, 5.41) is 2.87. The Balaban J connectivity index is 2.74. The first kappa shape index (κ1) is 16.2. The zero-order chi connectivity index (χ0) is 15.3. The van der Waals surface area contributed by atoms with E-state index in [1.165, 1.54) is 6.92 Å². The molecular formula is C16H24N2O2. The maximum absolute atomic E-state index is 11.9. The van der Waals surface area contributed by atoms with E-state index in [4.69, 9.17) is 0 Å². The molecule has 1 N–H and O–H groups in total. The molecule has 2 amide bonds. The molecule has 0 radical (unpaired) electrons. The van der Waals surface area contributed by atoms with Crippen molar-refractivity contribution in [2.75, 3.05) is 6.54 Å². The van der Waals surface area contributed by atoms with Crippen LogP contribution in [0.5, 0.6) is 0 Å². The fourth-order valence-electron chi connectivity index (χ4n) is 1.90. The third kappa shape index (κ3) is 5.43. The SMILES string of the molecule is CC(=O)N(CC(=O)NC(C)(C)C)Cc1ccccc1C. The van der Waals surface area contributed by atoms with E-state index in [9.17, 15) is 9.59 Å². The number of carbonyl (C=O) groups excluding carboxylic acids is 2. The van der Waals surface area contributed by atoms with Gasteiger partial charge in [0.15, 0.2) is 0 Å². The van der Waals surface area contributed by atoms with Crippen LogP contribution in [-0.4, -0.2) is 28.8 Å². The fraction of sp³-hybridized carbons (Fsp3) is 0.500. The molecule has 0 aliphatic carbocycles. The Morgan fingerprint density at radius 3 is 2.30 bits per heavy atom. The first-order valence-electron chi connectivity index (χ1n) is 6.80. The summed E-state index contributed by atoms with van der Waals surface area (Å²) in [5.41, 5.74) is 1.89. The predicted octanol–water partition coefficient (Wildman–Crippen LogP) is 2.26. The minimum absolute atomic E-state index is 0.0843. The Hall–Kier alpha value is -1.84. The molecule has 0 unspecified atom stereocenters. The first-order chi connectivity index (χ1) is 9.19. The van der Waals surface area contributed by atoms with Crippen molar-refractivity contribution in [3.63, 3.8) is 0 Å². The molecule has 0 bridgehead atoms. The van der Waals surface area contributed by atoms with Crippen molar-refractivity contribution < 1.29 is 9.59 Å². The van der Waals surface area contributed by atoms with Gasteiger partial charge in [0, 0.05) is 19.0 Å². The molecule has 0 aliphatic heterocycles. The van der Waals surface area contributed by atoms with E-state index in [1.807, 2.05) is 52.0 Å². The van der Waals surface area contributed by atoms with Crippen molar-refractivity contribution in [2.45, 2.75) is 46.7 Å². The molecule has 0 fully saturated rings. The highest BCUT2D eigenvalue weighted by molar-refractivity contribution is 5.84. The van der Waals surface area contributed by atoms with Crippen LogP contribution in [-0.2, 0) is 16.1 Å². The summed E-state index contributed by atoms with van der Waals surface area (Å²) < 4.78 is 0. The predicted molar refractivity (Wildman–Crippen MR) is 80.2 cm³/mol. The van der Waals surface area contributed by atoms with Gasteiger partial charge in [-0.2, -0.15) is 0 Å². The number of nitrogens with one attached hydrogen (secondary N) is 1. The monoisotopic (exact) mass is 276 g/mol. The van der Waals surface area contributed by atoms with Gasteiger partial charge in [0.05, 0.1) is 6.54 Å². The van der Waals surface area contributed by atoms with Crippen molar-refractivity contribution in [1.29, 1.82) is 0 Å². The lowest BCUT2D eigenvalue weighted by Gasteiger charge is -2.25. The van der Waals surface area contributed by atoms with Crippen LogP contribution in [0.3, 0.4) is 0 Å². The number of rotatable bonds is 4. The molecule has 0 atom stereocenters. The lowest BCUT2D eigenvalue weighted by Crippen LogP contribution is -2.46. The molecular weight excluding hydrogens is 252 g/mol. The summed E-state index contributed by atoms with van der Waals surface area (Å²) in [6, 6.07) is 7.88. The highest BCUT2D eigenvalue weighted by atomic mass is 16.2. The van der Waals surface area contributed by atoms with Crippen molar-refractivity contribution in [2.24, 2.45) is 0 Å². The molecule has 1 aromatic carbocycles. The Kier molecular flexibility index (Phi) is 5.31. The molecule has 0 saturated carbocycles. The molecule has 110 valence electrons. The summed E-state index contributed by atoms with van der Waals surface area (Å²) in [4.78, 5) is 25.2. The standard InChI is InChI=1S/C16H24N2O2/c1-12-8-6-7-9-14(12)10-18(13(2)19)11-15(20)17-16(3,4)5/h6-9H,10-11H2,1-5H3,(H,17,20). The molecule has 20 heavy (non-hydrogen) atoms. The van der Waals surface area contributed by atoms with Crippen LogP contribution in [0, 0.1) is 6.92 Å². The molecule has 4 nitrogen and oxygen atoms in total. The molecule has 0 aliphatic rings. The number of amides is 2.